The summed E-state index contributed by atoms with van der Waals surface area (Å²) in [5.74, 6) is -2.39. The predicted octanol–water partition coefficient (Wildman–Crippen LogP) is 5.95. The van der Waals surface area contributed by atoms with Crippen LogP contribution in [-0.2, 0) is 4.74 Å². The van der Waals surface area contributed by atoms with E-state index in [1.54, 1.807) is 27.7 Å². The zero-order valence-corrected chi connectivity index (χ0v) is 25.0. The first-order valence-corrected chi connectivity index (χ1v) is 14.6. The van der Waals surface area contributed by atoms with Crippen molar-refractivity contribution in [3.63, 3.8) is 0 Å². The van der Waals surface area contributed by atoms with Crippen LogP contribution >= 0.6 is 0 Å². The molecule has 1 aliphatic carbocycles. The summed E-state index contributed by atoms with van der Waals surface area (Å²) in [6, 6.07) is 11.0. The van der Waals surface area contributed by atoms with Gasteiger partial charge in [-0.05, 0) is 70.4 Å². The summed E-state index contributed by atoms with van der Waals surface area (Å²) in [6.45, 7) is 8.92. The lowest BCUT2D eigenvalue weighted by Crippen LogP contribution is -2.53. The van der Waals surface area contributed by atoms with Crippen molar-refractivity contribution in [2.24, 2.45) is 5.92 Å². The molecule has 4 aromatic rings. The molecule has 1 aliphatic heterocycles. The second-order valence-corrected chi connectivity index (χ2v) is 12.3. The first-order valence-electron chi connectivity index (χ1n) is 14.6. The van der Waals surface area contributed by atoms with Gasteiger partial charge in [-0.2, -0.15) is 4.39 Å². The number of nitrogens with zero attached hydrogens (tertiary/aromatic N) is 4. The van der Waals surface area contributed by atoms with Gasteiger partial charge in [-0.15, -0.1) is 5.10 Å². The highest BCUT2D eigenvalue weighted by atomic mass is 19.2. The molecule has 44 heavy (non-hydrogen) atoms. The maximum Gasteiger partial charge on any atom is 0.410 e. The van der Waals surface area contributed by atoms with Crippen molar-refractivity contribution in [2.45, 2.75) is 52.2 Å². The standard InChI is InChI=1S/C32H34F2N6O4/c1-18-12-20(8-11-22(18)30(41)37-21-9-10-21)25-15-36-29-24(35-14-19-16-39(17-19)31(42)44-32(2,3)4)13-27(38-40(25)29)43-26-7-5-6-23(33)28(26)34/h5-8,11-13,15,19,21,35H,9-10,14,16-17H2,1-4H3,(H,37,41). The van der Waals surface area contributed by atoms with Crippen molar-refractivity contribution in [3.05, 3.63) is 71.4 Å². The fourth-order valence-corrected chi connectivity index (χ4v) is 5.00. The molecule has 2 fully saturated rings. The Kier molecular flexibility index (Phi) is 7.60. The molecule has 12 heteroatoms. The molecule has 3 heterocycles. The number of rotatable bonds is 8. The van der Waals surface area contributed by atoms with E-state index in [-0.39, 0.29) is 35.6 Å². The van der Waals surface area contributed by atoms with Crippen LogP contribution < -0.4 is 15.4 Å². The van der Waals surface area contributed by atoms with E-state index in [0.29, 0.717) is 42.2 Å². The molecule has 2 aromatic heterocycles. The van der Waals surface area contributed by atoms with Gasteiger partial charge in [-0.3, -0.25) is 4.79 Å². The van der Waals surface area contributed by atoms with Gasteiger partial charge in [0.15, 0.2) is 17.2 Å². The van der Waals surface area contributed by atoms with Gasteiger partial charge in [-0.25, -0.2) is 18.7 Å². The molecule has 230 valence electrons. The molecule has 2 aromatic carbocycles. The number of benzene rings is 2. The van der Waals surface area contributed by atoms with Crippen molar-refractivity contribution in [2.75, 3.05) is 25.0 Å². The quantitative estimate of drug-likeness (QED) is 0.256. The van der Waals surface area contributed by atoms with Crippen LogP contribution in [-0.4, -0.2) is 62.8 Å². The second kappa shape index (κ2) is 11.4. The van der Waals surface area contributed by atoms with E-state index in [4.69, 9.17) is 9.47 Å². The number of fused-ring (bicyclic) bond motifs is 1. The molecule has 0 spiro atoms. The number of anilines is 1. The Balaban J connectivity index is 1.27. The minimum atomic E-state index is -1.12. The Morgan fingerprint density at radius 3 is 2.57 bits per heavy atom. The highest BCUT2D eigenvalue weighted by molar-refractivity contribution is 5.96. The number of likely N-dealkylation sites (tertiary alicyclic amines) is 1. The SMILES string of the molecule is Cc1cc(-c2cnc3c(NCC4CN(C(=O)OC(C)(C)C)C4)cc(Oc4cccc(F)c4F)nn23)ccc1C(=O)NC1CC1. The molecule has 1 saturated carbocycles. The van der Waals surface area contributed by atoms with E-state index >= 15 is 0 Å². The zero-order chi connectivity index (χ0) is 31.2. The van der Waals surface area contributed by atoms with Crippen LogP contribution in [0, 0.1) is 24.5 Å². The third-order valence-electron chi connectivity index (χ3n) is 7.45. The van der Waals surface area contributed by atoms with Gasteiger partial charge in [-0.1, -0.05) is 12.1 Å². The average molecular weight is 605 g/mol. The number of carbonyl (C=O) groups excluding carboxylic acids is 2. The Bertz CT molecular complexity index is 1740. The fourth-order valence-electron chi connectivity index (χ4n) is 5.00. The maximum atomic E-state index is 14.5. The Morgan fingerprint density at radius 1 is 1.09 bits per heavy atom. The highest BCUT2D eigenvalue weighted by Crippen LogP contribution is 2.32. The lowest BCUT2D eigenvalue weighted by atomic mass is 10.0. The lowest BCUT2D eigenvalue weighted by Gasteiger charge is -2.39. The molecule has 0 radical (unpaired) electrons. The molecule has 0 unspecified atom stereocenters. The molecule has 10 nitrogen and oxygen atoms in total. The minimum absolute atomic E-state index is 0.0184. The van der Waals surface area contributed by atoms with Gasteiger partial charge < -0.3 is 25.0 Å². The van der Waals surface area contributed by atoms with Crippen LogP contribution in [0.15, 0.2) is 48.7 Å². The Hall–Kier alpha value is -4.74. The van der Waals surface area contributed by atoms with Gasteiger partial charge in [0, 0.05) is 48.8 Å². The van der Waals surface area contributed by atoms with Gasteiger partial charge in [0.05, 0.1) is 17.6 Å². The van der Waals surface area contributed by atoms with Crippen LogP contribution in [0.2, 0.25) is 0 Å². The number of hydrogen-bond donors (Lipinski definition) is 2. The smallest absolute Gasteiger partial charge is 0.410 e. The average Bonchev–Trinajstić information content (AvgIpc) is 3.64. The highest BCUT2D eigenvalue weighted by Gasteiger charge is 2.33. The number of aromatic nitrogens is 3. The molecule has 2 N–H and O–H groups in total. The van der Waals surface area contributed by atoms with Gasteiger partial charge >= 0.3 is 6.09 Å². The van der Waals surface area contributed by atoms with Crippen LogP contribution in [0.25, 0.3) is 16.9 Å². The largest absolute Gasteiger partial charge is 0.444 e. The van der Waals surface area contributed by atoms with Gasteiger partial charge in [0.25, 0.3) is 5.91 Å². The first kappa shape index (κ1) is 29.3. The molecule has 0 bridgehead atoms. The van der Waals surface area contributed by atoms with E-state index < -0.39 is 17.2 Å². The molecule has 0 atom stereocenters. The second-order valence-electron chi connectivity index (χ2n) is 12.3. The van der Waals surface area contributed by atoms with Gasteiger partial charge in [0.2, 0.25) is 11.7 Å². The van der Waals surface area contributed by atoms with E-state index in [0.717, 1.165) is 30.0 Å². The number of aryl methyl sites for hydroxylation is 1. The summed E-state index contributed by atoms with van der Waals surface area (Å²) in [5.41, 5.74) is 3.25. The molecule has 1 saturated heterocycles. The van der Waals surface area contributed by atoms with Crippen LogP contribution in [0.5, 0.6) is 11.6 Å². The fraction of sp³-hybridized carbons (Fsp3) is 0.375. The van der Waals surface area contributed by atoms with Crippen molar-refractivity contribution in [3.8, 4) is 22.9 Å². The lowest BCUT2D eigenvalue weighted by molar-refractivity contribution is 0.000836. The maximum absolute atomic E-state index is 14.5. The van der Waals surface area contributed by atoms with Crippen LogP contribution in [0.1, 0.15) is 49.5 Å². The monoisotopic (exact) mass is 604 g/mol. The summed E-state index contributed by atoms with van der Waals surface area (Å²) < 4.78 is 41.1. The third-order valence-corrected chi connectivity index (χ3v) is 7.45. The predicted molar refractivity (Wildman–Crippen MR) is 160 cm³/mol. The summed E-state index contributed by atoms with van der Waals surface area (Å²) in [7, 11) is 0. The third kappa shape index (κ3) is 6.29. The number of hydrogen-bond acceptors (Lipinski definition) is 7. The molecular formula is C32H34F2N6O4. The van der Waals surface area contributed by atoms with Crippen molar-refractivity contribution in [1.82, 2.24) is 24.8 Å². The first-order chi connectivity index (χ1) is 20.9. The normalized spacial score (nSPS) is 15.2. The Labute approximate surface area is 253 Å². The summed E-state index contributed by atoms with van der Waals surface area (Å²) in [6.07, 6.45) is 3.31. The summed E-state index contributed by atoms with van der Waals surface area (Å²) in [5, 5.41) is 10.9. The van der Waals surface area contributed by atoms with E-state index in [9.17, 15) is 18.4 Å². The number of halogens is 2. The van der Waals surface area contributed by atoms with Crippen molar-refractivity contribution in [1.29, 1.82) is 0 Å². The van der Waals surface area contributed by atoms with E-state index in [2.05, 4.69) is 20.7 Å². The number of nitrogens with one attached hydrogen (secondary N) is 2. The van der Waals surface area contributed by atoms with Crippen molar-refractivity contribution >= 4 is 23.3 Å². The van der Waals surface area contributed by atoms with Crippen molar-refractivity contribution < 1.29 is 27.8 Å². The molecule has 6 rings (SSSR count). The van der Waals surface area contributed by atoms with Gasteiger partial charge in [0.1, 0.15) is 5.60 Å². The van der Waals surface area contributed by atoms with Crippen LogP contribution in [0.3, 0.4) is 0 Å². The summed E-state index contributed by atoms with van der Waals surface area (Å²) in [4.78, 5) is 31.2. The van der Waals surface area contributed by atoms with E-state index in [1.807, 2.05) is 39.8 Å². The zero-order valence-electron chi connectivity index (χ0n) is 25.0. The molecule has 2 aliphatic rings. The topological polar surface area (TPSA) is 110 Å². The number of amides is 2. The van der Waals surface area contributed by atoms with E-state index in [1.165, 1.54) is 12.1 Å². The Morgan fingerprint density at radius 2 is 1.86 bits per heavy atom. The molecular weight excluding hydrogens is 570 g/mol. The number of ether oxygens (including phenoxy) is 2. The molecule has 2 amide bonds. The number of carbonyl (C=O) groups is 2. The summed E-state index contributed by atoms with van der Waals surface area (Å²) >= 11 is 0. The number of imidazole rings is 1. The van der Waals surface area contributed by atoms with Crippen LogP contribution in [0.4, 0.5) is 19.3 Å². The minimum Gasteiger partial charge on any atom is -0.444 e.